The van der Waals surface area contributed by atoms with Crippen molar-refractivity contribution >= 4 is 11.9 Å². The number of aromatic nitrogens is 4. The van der Waals surface area contributed by atoms with E-state index < -0.39 is 0 Å². The van der Waals surface area contributed by atoms with E-state index in [1.54, 1.807) is 17.0 Å². The van der Waals surface area contributed by atoms with Gasteiger partial charge in [-0.3, -0.25) is 4.79 Å². The molecular weight excluding hydrogens is 390 g/mol. The minimum absolute atomic E-state index is 0.174. The minimum Gasteiger partial charge on any atom is -0.351 e. The Bertz CT molecular complexity index is 1140. The summed E-state index contributed by atoms with van der Waals surface area (Å²) >= 11 is 0. The lowest BCUT2D eigenvalue weighted by Gasteiger charge is -2.28. The normalized spacial score (nSPS) is 15.1. The van der Waals surface area contributed by atoms with Gasteiger partial charge in [-0.25, -0.2) is 9.97 Å². The molecule has 0 atom stereocenters. The number of amides is 1. The predicted molar refractivity (Wildman–Crippen MR) is 113 cm³/mol. The molecule has 2 aromatic heterocycles. The van der Waals surface area contributed by atoms with E-state index in [0.29, 0.717) is 37.2 Å². The third-order valence-corrected chi connectivity index (χ3v) is 5.80. The van der Waals surface area contributed by atoms with Gasteiger partial charge in [-0.1, -0.05) is 24.3 Å². The van der Waals surface area contributed by atoms with Gasteiger partial charge in [-0.15, -0.1) is 5.10 Å². The summed E-state index contributed by atoms with van der Waals surface area (Å²) in [5.74, 6) is 0.475. The third-order valence-electron chi connectivity index (χ3n) is 5.80. The van der Waals surface area contributed by atoms with E-state index in [9.17, 15) is 4.79 Å². The van der Waals surface area contributed by atoms with E-state index >= 15 is 0 Å². The van der Waals surface area contributed by atoms with Crippen LogP contribution in [0.25, 0.3) is 0 Å². The van der Waals surface area contributed by atoms with Crippen LogP contribution in [0.15, 0.2) is 42.6 Å². The van der Waals surface area contributed by atoms with Crippen molar-refractivity contribution in [2.24, 2.45) is 0 Å². The number of nitrogens with zero attached hydrogens (tertiary/aromatic N) is 6. The fraction of sp³-hybridized carbons (Fsp3) is 0.304. The molecule has 0 saturated carbocycles. The first-order valence-corrected chi connectivity index (χ1v) is 10.4. The van der Waals surface area contributed by atoms with Crippen molar-refractivity contribution in [2.75, 3.05) is 11.9 Å². The molecule has 0 spiro atoms. The van der Waals surface area contributed by atoms with Gasteiger partial charge in [-0.05, 0) is 36.1 Å². The van der Waals surface area contributed by atoms with Crippen molar-refractivity contribution in [3.05, 3.63) is 76.4 Å². The fourth-order valence-electron chi connectivity index (χ4n) is 4.21. The average Bonchev–Trinajstić information content (AvgIpc) is 3.21. The van der Waals surface area contributed by atoms with Crippen LogP contribution in [0.1, 0.15) is 38.6 Å². The number of hydrogen-bond donors (Lipinski definition) is 1. The SMILES string of the molecule is N#CCc1ccc(C(=O)N2CCc3nc(NC4Cc5ccccc5C4)ncc3C2)nn1. The number of carbonyl (C=O) groups is 1. The molecule has 1 N–H and O–H groups in total. The average molecular weight is 411 g/mol. The Kier molecular flexibility index (Phi) is 5.00. The Morgan fingerprint density at radius 3 is 2.65 bits per heavy atom. The molecule has 1 aliphatic heterocycles. The first kappa shape index (κ1) is 19.1. The molecule has 3 aromatic rings. The molecular formula is C23H21N7O. The van der Waals surface area contributed by atoms with Gasteiger partial charge in [0, 0.05) is 37.3 Å². The van der Waals surface area contributed by atoms with Crippen LogP contribution in [0.2, 0.25) is 0 Å². The fourth-order valence-corrected chi connectivity index (χ4v) is 4.21. The van der Waals surface area contributed by atoms with Gasteiger partial charge in [0.15, 0.2) is 5.69 Å². The number of nitrogens with one attached hydrogen (secondary N) is 1. The van der Waals surface area contributed by atoms with Crippen LogP contribution in [0.5, 0.6) is 0 Å². The van der Waals surface area contributed by atoms with E-state index in [1.165, 1.54) is 11.1 Å². The van der Waals surface area contributed by atoms with Gasteiger partial charge in [0.25, 0.3) is 5.91 Å². The number of nitriles is 1. The number of rotatable bonds is 4. The molecule has 0 radical (unpaired) electrons. The van der Waals surface area contributed by atoms with E-state index in [-0.39, 0.29) is 18.0 Å². The van der Waals surface area contributed by atoms with Crippen molar-refractivity contribution in [2.45, 2.75) is 38.3 Å². The minimum atomic E-state index is -0.174. The van der Waals surface area contributed by atoms with Crippen LogP contribution in [-0.2, 0) is 32.2 Å². The molecule has 0 saturated heterocycles. The molecule has 0 unspecified atom stereocenters. The van der Waals surface area contributed by atoms with Gasteiger partial charge in [0.05, 0.1) is 23.9 Å². The molecule has 2 aliphatic rings. The van der Waals surface area contributed by atoms with E-state index in [4.69, 9.17) is 10.2 Å². The highest BCUT2D eigenvalue weighted by atomic mass is 16.2. The number of fused-ring (bicyclic) bond motifs is 2. The number of anilines is 1. The molecule has 0 bridgehead atoms. The molecule has 5 rings (SSSR count). The summed E-state index contributed by atoms with van der Waals surface area (Å²) in [4.78, 5) is 23.7. The van der Waals surface area contributed by atoms with Crippen molar-refractivity contribution < 1.29 is 4.79 Å². The molecule has 1 aliphatic carbocycles. The summed E-state index contributed by atoms with van der Waals surface area (Å²) in [6.45, 7) is 1.02. The largest absolute Gasteiger partial charge is 0.351 e. The van der Waals surface area contributed by atoms with Crippen LogP contribution in [0.4, 0.5) is 5.95 Å². The van der Waals surface area contributed by atoms with Gasteiger partial charge >= 0.3 is 0 Å². The van der Waals surface area contributed by atoms with Crippen LogP contribution in [-0.4, -0.2) is 43.6 Å². The second-order valence-electron chi connectivity index (χ2n) is 7.91. The van der Waals surface area contributed by atoms with Gasteiger partial charge in [-0.2, -0.15) is 10.4 Å². The second-order valence-corrected chi connectivity index (χ2v) is 7.91. The van der Waals surface area contributed by atoms with Crippen LogP contribution >= 0.6 is 0 Å². The summed E-state index contributed by atoms with van der Waals surface area (Å²) in [7, 11) is 0. The van der Waals surface area contributed by atoms with Crippen molar-refractivity contribution in [3.8, 4) is 6.07 Å². The lowest BCUT2D eigenvalue weighted by molar-refractivity contribution is 0.0726. The smallest absolute Gasteiger partial charge is 0.274 e. The van der Waals surface area contributed by atoms with Crippen molar-refractivity contribution in [3.63, 3.8) is 0 Å². The van der Waals surface area contributed by atoms with Crippen molar-refractivity contribution in [1.82, 2.24) is 25.1 Å². The quantitative estimate of drug-likeness (QED) is 0.700. The van der Waals surface area contributed by atoms with E-state index in [1.807, 2.05) is 12.3 Å². The Morgan fingerprint density at radius 1 is 1.13 bits per heavy atom. The molecule has 1 amide bonds. The monoisotopic (exact) mass is 411 g/mol. The summed E-state index contributed by atoms with van der Waals surface area (Å²) in [6.07, 6.45) is 4.62. The molecule has 3 heterocycles. The van der Waals surface area contributed by atoms with E-state index in [2.05, 4.69) is 44.8 Å². The highest BCUT2D eigenvalue weighted by Crippen LogP contribution is 2.24. The topological polar surface area (TPSA) is 108 Å². The van der Waals surface area contributed by atoms with Crippen molar-refractivity contribution in [1.29, 1.82) is 5.26 Å². The van der Waals surface area contributed by atoms with E-state index in [0.717, 1.165) is 24.1 Å². The summed E-state index contributed by atoms with van der Waals surface area (Å²) in [6, 6.07) is 14.1. The predicted octanol–water partition coefficient (Wildman–Crippen LogP) is 2.11. The zero-order chi connectivity index (χ0) is 21.2. The van der Waals surface area contributed by atoms with Crippen LogP contribution in [0.3, 0.4) is 0 Å². The number of benzene rings is 1. The summed E-state index contributed by atoms with van der Waals surface area (Å²) in [5, 5.41) is 20.1. The van der Waals surface area contributed by atoms with Gasteiger partial charge in [0.1, 0.15) is 0 Å². The van der Waals surface area contributed by atoms with Gasteiger partial charge in [0.2, 0.25) is 5.95 Å². The Balaban J connectivity index is 1.24. The molecule has 8 heteroatoms. The maximum absolute atomic E-state index is 12.8. The maximum atomic E-state index is 12.8. The summed E-state index contributed by atoms with van der Waals surface area (Å²) < 4.78 is 0. The zero-order valence-electron chi connectivity index (χ0n) is 17.0. The lowest BCUT2D eigenvalue weighted by Crippen LogP contribution is -2.37. The first-order valence-electron chi connectivity index (χ1n) is 10.4. The molecule has 31 heavy (non-hydrogen) atoms. The third kappa shape index (κ3) is 3.94. The standard InChI is InChI=1S/C23H21N7O/c24-9-7-18-5-6-21(29-28-18)22(31)30-10-8-20-17(14-30)13-25-23(27-20)26-19-11-15-3-1-2-4-16(15)12-19/h1-6,13,19H,7-8,10-12,14H2,(H,25,26,27). The Hall–Kier alpha value is -3.86. The Morgan fingerprint density at radius 2 is 1.94 bits per heavy atom. The highest BCUT2D eigenvalue weighted by Gasteiger charge is 2.26. The molecule has 154 valence electrons. The van der Waals surface area contributed by atoms with Crippen LogP contribution in [0, 0.1) is 11.3 Å². The maximum Gasteiger partial charge on any atom is 0.274 e. The van der Waals surface area contributed by atoms with Crippen LogP contribution < -0.4 is 5.32 Å². The zero-order valence-corrected chi connectivity index (χ0v) is 17.0. The highest BCUT2D eigenvalue weighted by molar-refractivity contribution is 5.92. The second kappa shape index (κ2) is 8.11. The van der Waals surface area contributed by atoms with Gasteiger partial charge < -0.3 is 10.2 Å². The summed E-state index contributed by atoms with van der Waals surface area (Å²) in [5.41, 5.74) is 5.54. The molecule has 1 aromatic carbocycles. The number of hydrogen-bond acceptors (Lipinski definition) is 7. The lowest BCUT2D eigenvalue weighted by atomic mass is 10.1. The number of carbonyl (C=O) groups excluding carboxylic acids is 1. The molecule has 8 nitrogen and oxygen atoms in total. The molecule has 0 fully saturated rings. The Labute approximate surface area is 180 Å². The first-order chi connectivity index (χ1) is 15.2.